The van der Waals surface area contributed by atoms with Crippen LogP contribution in [0, 0.1) is 10.1 Å². The van der Waals surface area contributed by atoms with Crippen molar-refractivity contribution in [2.45, 2.75) is 6.54 Å². The van der Waals surface area contributed by atoms with Crippen LogP contribution in [0.3, 0.4) is 0 Å². The Kier molecular flexibility index (Phi) is 4.62. The third-order valence-electron chi connectivity index (χ3n) is 1.69. The standard InChI is InChI=1S/C8H10ClN5O2/c9-7-2-1-6(3-11-7)4-12-8(13-10)5-14(15)16/h1-3H,4-5,10H2,(H,12,13). The van der Waals surface area contributed by atoms with Gasteiger partial charge < -0.3 is 5.43 Å². The van der Waals surface area contributed by atoms with Crippen LogP contribution in [-0.2, 0) is 6.54 Å². The third-order valence-corrected chi connectivity index (χ3v) is 1.91. The van der Waals surface area contributed by atoms with Crippen molar-refractivity contribution < 1.29 is 4.92 Å². The molecule has 0 aromatic carbocycles. The fraction of sp³-hybridized carbons (Fsp3) is 0.250. The average molecular weight is 244 g/mol. The number of hydrogen-bond donors (Lipinski definition) is 2. The normalized spacial score (nSPS) is 11.2. The molecule has 0 aliphatic rings. The molecule has 1 aromatic heterocycles. The van der Waals surface area contributed by atoms with Gasteiger partial charge in [-0.1, -0.05) is 17.7 Å². The zero-order chi connectivity index (χ0) is 12.0. The summed E-state index contributed by atoms with van der Waals surface area (Å²) in [4.78, 5) is 17.5. The van der Waals surface area contributed by atoms with Gasteiger partial charge in [-0.2, -0.15) is 0 Å². The summed E-state index contributed by atoms with van der Waals surface area (Å²) in [6.45, 7) is -0.172. The van der Waals surface area contributed by atoms with E-state index in [2.05, 4.69) is 15.4 Å². The number of pyridine rings is 1. The smallest absolute Gasteiger partial charge is 0.261 e. The summed E-state index contributed by atoms with van der Waals surface area (Å²) in [6, 6.07) is 3.36. The van der Waals surface area contributed by atoms with Gasteiger partial charge >= 0.3 is 0 Å². The summed E-state index contributed by atoms with van der Waals surface area (Å²) in [5, 5.41) is 10.6. The van der Waals surface area contributed by atoms with E-state index < -0.39 is 11.5 Å². The Morgan fingerprint density at radius 1 is 1.69 bits per heavy atom. The lowest BCUT2D eigenvalue weighted by molar-refractivity contribution is -0.463. The van der Waals surface area contributed by atoms with E-state index in [0.29, 0.717) is 5.15 Å². The second-order valence-corrected chi connectivity index (χ2v) is 3.27. The molecule has 0 saturated heterocycles. The van der Waals surface area contributed by atoms with E-state index in [1.54, 1.807) is 18.3 Å². The number of hydrogen-bond acceptors (Lipinski definition) is 5. The highest BCUT2D eigenvalue weighted by atomic mass is 35.5. The summed E-state index contributed by atoms with van der Waals surface area (Å²) in [5.74, 6) is 5.20. The molecule has 0 atom stereocenters. The number of nitro groups is 1. The van der Waals surface area contributed by atoms with Crippen molar-refractivity contribution in [3.05, 3.63) is 39.2 Å². The highest BCUT2D eigenvalue weighted by Gasteiger charge is 2.04. The van der Waals surface area contributed by atoms with Crippen LogP contribution in [0.1, 0.15) is 5.56 Å². The number of halogens is 1. The van der Waals surface area contributed by atoms with Crippen LogP contribution in [0.15, 0.2) is 23.3 Å². The molecule has 1 heterocycles. The Morgan fingerprint density at radius 3 is 2.94 bits per heavy atom. The van der Waals surface area contributed by atoms with Crippen LogP contribution in [0.5, 0.6) is 0 Å². The number of nitrogens with zero attached hydrogens (tertiary/aromatic N) is 3. The first-order chi connectivity index (χ1) is 7.61. The largest absolute Gasteiger partial charge is 0.307 e. The van der Waals surface area contributed by atoms with E-state index in [4.69, 9.17) is 17.4 Å². The maximum atomic E-state index is 10.2. The lowest BCUT2D eigenvalue weighted by atomic mass is 10.3. The zero-order valence-electron chi connectivity index (χ0n) is 8.26. The van der Waals surface area contributed by atoms with E-state index >= 15 is 0 Å². The number of rotatable bonds is 4. The summed E-state index contributed by atoms with van der Waals surface area (Å²) in [7, 11) is 0. The Hall–Kier alpha value is -1.73. The van der Waals surface area contributed by atoms with E-state index in [1.165, 1.54) is 0 Å². The van der Waals surface area contributed by atoms with Gasteiger partial charge in [0.05, 0.1) is 6.54 Å². The van der Waals surface area contributed by atoms with Crippen LogP contribution in [0.4, 0.5) is 0 Å². The van der Waals surface area contributed by atoms with Crippen LogP contribution < -0.4 is 11.3 Å². The SMILES string of the molecule is NNC(C[N+](=O)[O-])=NCc1ccc(Cl)nc1. The third kappa shape index (κ3) is 4.20. The van der Waals surface area contributed by atoms with Gasteiger partial charge in [-0.05, 0) is 11.6 Å². The molecule has 0 fully saturated rings. The lowest BCUT2D eigenvalue weighted by Gasteiger charge is -2.01. The van der Waals surface area contributed by atoms with Gasteiger partial charge in [0.25, 0.3) is 6.54 Å². The summed E-state index contributed by atoms with van der Waals surface area (Å²) < 4.78 is 0. The number of aromatic nitrogens is 1. The summed E-state index contributed by atoms with van der Waals surface area (Å²) >= 11 is 5.60. The molecule has 3 N–H and O–H groups in total. The van der Waals surface area contributed by atoms with Gasteiger partial charge in [0.1, 0.15) is 5.15 Å². The van der Waals surface area contributed by atoms with Crippen molar-refractivity contribution in [3.8, 4) is 0 Å². The Balaban J connectivity index is 2.62. The molecule has 0 amide bonds. The fourth-order valence-electron chi connectivity index (χ4n) is 0.950. The van der Waals surface area contributed by atoms with Gasteiger partial charge in [-0.15, -0.1) is 0 Å². The lowest BCUT2D eigenvalue weighted by Crippen LogP contribution is -2.35. The molecule has 0 aliphatic heterocycles. The van der Waals surface area contributed by atoms with E-state index in [0.717, 1.165) is 5.56 Å². The summed E-state index contributed by atoms with van der Waals surface area (Å²) in [5.41, 5.74) is 2.97. The Morgan fingerprint density at radius 2 is 2.44 bits per heavy atom. The predicted molar refractivity (Wildman–Crippen MR) is 59.6 cm³/mol. The molecule has 0 saturated carbocycles. The molecular weight excluding hydrogens is 234 g/mol. The van der Waals surface area contributed by atoms with Crippen LogP contribution in [0.2, 0.25) is 5.15 Å². The molecule has 86 valence electrons. The monoisotopic (exact) mass is 243 g/mol. The van der Waals surface area contributed by atoms with E-state index in [-0.39, 0.29) is 12.4 Å². The molecule has 1 aromatic rings. The quantitative estimate of drug-likeness (QED) is 0.198. The van der Waals surface area contributed by atoms with Gasteiger partial charge in [-0.25, -0.2) is 10.8 Å². The second-order valence-electron chi connectivity index (χ2n) is 2.89. The topological polar surface area (TPSA) is 106 Å². The summed E-state index contributed by atoms with van der Waals surface area (Å²) in [6.07, 6.45) is 1.55. The number of aliphatic imine (C=N–C) groups is 1. The highest BCUT2D eigenvalue weighted by Crippen LogP contribution is 2.05. The van der Waals surface area contributed by atoms with Gasteiger partial charge in [0.2, 0.25) is 0 Å². The van der Waals surface area contributed by atoms with Crippen LogP contribution in [-0.4, -0.2) is 22.3 Å². The predicted octanol–water partition coefficient (Wildman–Crippen LogP) is 0.374. The molecular formula is C8H10ClN5O2. The molecule has 8 heteroatoms. The molecule has 1 rings (SSSR count). The first-order valence-electron chi connectivity index (χ1n) is 4.34. The average Bonchev–Trinajstić information content (AvgIpc) is 2.26. The van der Waals surface area contributed by atoms with Crippen LogP contribution in [0.25, 0.3) is 0 Å². The molecule has 0 unspecified atom stereocenters. The van der Waals surface area contributed by atoms with Gasteiger partial charge in [0.15, 0.2) is 5.84 Å². The van der Waals surface area contributed by atoms with E-state index in [9.17, 15) is 10.1 Å². The first kappa shape index (κ1) is 12.3. The maximum Gasteiger partial charge on any atom is 0.261 e. The molecule has 0 radical (unpaired) electrons. The van der Waals surface area contributed by atoms with Crippen LogP contribution >= 0.6 is 11.6 Å². The number of amidine groups is 1. The van der Waals surface area contributed by atoms with Gasteiger partial charge in [0, 0.05) is 11.1 Å². The van der Waals surface area contributed by atoms with E-state index in [1.807, 2.05) is 0 Å². The highest BCUT2D eigenvalue weighted by molar-refractivity contribution is 6.29. The van der Waals surface area contributed by atoms with Crippen molar-refractivity contribution in [3.63, 3.8) is 0 Å². The molecule has 0 spiro atoms. The molecule has 7 nitrogen and oxygen atoms in total. The zero-order valence-corrected chi connectivity index (χ0v) is 9.02. The maximum absolute atomic E-state index is 10.2. The minimum atomic E-state index is -0.515. The molecule has 0 aliphatic carbocycles. The fourth-order valence-corrected chi connectivity index (χ4v) is 1.06. The first-order valence-corrected chi connectivity index (χ1v) is 4.72. The Bertz CT molecular complexity index is 392. The number of nitrogens with one attached hydrogen (secondary N) is 1. The van der Waals surface area contributed by atoms with Gasteiger partial charge in [-0.3, -0.25) is 15.1 Å². The van der Waals surface area contributed by atoms with Crippen molar-refractivity contribution in [1.29, 1.82) is 0 Å². The Labute approximate surface area is 96.5 Å². The van der Waals surface area contributed by atoms with Crippen molar-refractivity contribution >= 4 is 17.4 Å². The molecule has 16 heavy (non-hydrogen) atoms. The second kappa shape index (κ2) is 5.99. The van der Waals surface area contributed by atoms with Crippen molar-refractivity contribution in [2.24, 2.45) is 10.8 Å². The van der Waals surface area contributed by atoms with Crippen molar-refractivity contribution in [1.82, 2.24) is 10.4 Å². The van der Waals surface area contributed by atoms with Crippen molar-refractivity contribution in [2.75, 3.05) is 6.54 Å². The number of nitrogens with two attached hydrogens (primary N) is 1. The minimum Gasteiger partial charge on any atom is -0.307 e. The minimum absolute atomic E-state index is 0.111. The molecule has 0 bridgehead atoms. The number of hydrazine groups is 1.